The quantitative estimate of drug-likeness (QED) is 0.737. The highest BCUT2D eigenvalue weighted by Gasteiger charge is 2.31. The number of alkyl halides is 3. The normalized spacial score (nSPS) is 15.8. The van der Waals surface area contributed by atoms with Crippen LogP contribution in [0.4, 0.5) is 18.9 Å². The number of thioether (sulfide) groups is 1. The summed E-state index contributed by atoms with van der Waals surface area (Å²) >= 11 is 1.36. The van der Waals surface area contributed by atoms with E-state index in [9.17, 15) is 13.2 Å². The van der Waals surface area contributed by atoms with Gasteiger partial charge in [-0.2, -0.15) is 13.2 Å². The van der Waals surface area contributed by atoms with E-state index in [4.69, 9.17) is 5.73 Å². The topological polar surface area (TPSA) is 38.0 Å². The van der Waals surface area contributed by atoms with Crippen molar-refractivity contribution in [2.24, 2.45) is 5.73 Å². The van der Waals surface area contributed by atoms with Gasteiger partial charge in [0.05, 0.1) is 11.3 Å². The number of allylic oxidation sites excluding steroid dienone is 1. The van der Waals surface area contributed by atoms with Crippen molar-refractivity contribution >= 4 is 17.4 Å². The summed E-state index contributed by atoms with van der Waals surface area (Å²) in [4.78, 5) is 1.60. The monoisotopic (exact) mass is 246 g/mol. The maximum Gasteiger partial charge on any atom is 0.416 e. The molecule has 0 amide bonds. The number of hydrogen-bond donors (Lipinski definition) is 2. The summed E-state index contributed by atoms with van der Waals surface area (Å²) in [5, 5.41) is 2.76. The minimum absolute atomic E-state index is 0.400. The molecule has 0 bridgehead atoms. The first-order valence-corrected chi connectivity index (χ1v) is 5.32. The molecule has 1 heterocycles. The van der Waals surface area contributed by atoms with Crippen LogP contribution in [0, 0.1) is 0 Å². The van der Waals surface area contributed by atoms with Crippen LogP contribution in [0.2, 0.25) is 0 Å². The van der Waals surface area contributed by atoms with Crippen molar-refractivity contribution in [2.45, 2.75) is 18.0 Å². The number of rotatable bonds is 0. The minimum atomic E-state index is -4.33. The summed E-state index contributed by atoms with van der Waals surface area (Å²) < 4.78 is 37.4. The highest BCUT2D eigenvalue weighted by molar-refractivity contribution is 8.03. The molecule has 0 radical (unpaired) electrons. The van der Waals surface area contributed by atoms with Gasteiger partial charge in [0.25, 0.3) is 0 Å². The van der Waals surface area contributed by atoms with Crippen molar-refractivity contribution in [3.8, 4) is 0 Å². The van der Waals surface area contributed by atoms with Crippen LogP contribution in [-0.4, -0.2) is 0 Å². The zero-order valence-corrected chi connectivity index (χ0v) is 9.17. The minimum Gasteiger partial charge on any atom is -0.385 e. The number of nitrogens with one attached hydrogen (secondary N) is 1. The summed E-state index contributed by atoms with van der Waals surface area (Å²) in [6.07, 6.45) is -4.33. The predicted octanol–water partition coefficient (Wildman–Crippen LogP) is 3.37. The summed E-state index contributed by atoms with van der Waals surface area (Å²) in [5.74, 6) is 0.400. The lowest BCUT2D eigenvalue weighted by Crippen LogP contribution is -2.15. The van der Waals surface area contributed by atoms with Crippen molar-refractivity contribution in [1.82, 2.24) is 0 Å². The number of nitrogens with two attached hydrogens (primary N) is 1. The Bertz CT molecular complexity index is 466. The van der Waals surface area contributed by atoms with E-state index in [0.29, 0.717) is 11.5 Å². The van der Waals surface area contributed by atoms with E-state index >= 15 is 0 Å². The molecule has 1 aliphatic rings. The van der Waals surface area contributed by atoms with Crippen LogP contribution in [0.1, 0.15) is 12.5 Å². The Morgan fingerprint density at radius 3 is 2.62 bits per heavy atom. The molecule has 2 rings (SSSR count). The Morgan fingerprint density at radius 2 is 2.00 bits per heavy atom. The van der Waals surface area contributed by atoms with Gasteiger partial charge in [0.2, 0.25) is 0 Å². The molecule has 1 aromatic carbocycles. The Hall–Kier alpha value is -1.30. The number of hydrogen-bond acceptors (Lipinski definition) is 3. The molecule has 3 N–H and O–H groups in total. The van der Waals surface area contributed by atoms with Crippen molar-refractivity contribution in [3.05, 3.63) is 34.5 Å². The van der Waals surface area contributed by atoms with Gasteiger partial charge in [-0.05, 0) is 25.1 Å². The molecule has 16 heavy (non-hydrogen) atoms. The molecule has 0 atom stereocenters. The van der Waals surface area contributed by atoms with Gasteiger partial charge >= 0.3 is 6.18 Å². The van der Waals surface area contributed by atoms with Gasteiger partial charge < -0.3 is 11.1 Å². The lowest BCUT2D eigenvalue weighted by Gasteiger charge is -2.20. The van der Waals surface area contributed by atoms with Crippen LogP contribution < -0.4 is 11.1 Å². The van der Waals surface area contributed by atoms with E-state index < -0.39 is 11.7 Å². The molecule has 2 nitrogen and oxygen atoms in total. The average molecular weight is 246 g/mol. The third-order valence-electron chi connectivity index (χ3n) is 2.22. The van der Waals surface area contributed by atoms with Crippen LogP contribution >= 0.6 is 11.8 Å². The largest absolute Gasteiger partial charge is 0.416 e. The fraction of sp³-hybridized carbons (Fsp3) is 0.200. The third-order valence-corrected chi connectivity index (χ3v) is 3.32. The van der Waals surface area contributed by atoms with Crippen molar-refractivity contribution < 1.29 is 13.2 Å². The molecule has 0 saturated heterocycles. The van der Waals surface area contributed by atoms with Crippen molar-refractivity contribution in [1.29, 1.82) is 0 Å². The Morgan fingerprint density at radius 1 is 1.31 bits per heavy atom. The molecule has 1 aromatic rings. The number of benzene rings is 1. The lowest BCUT2D eigenvalue weighted by atomic mass is 10.2. The smallest absolute Gasteiger partial charge is 0.385 e. The second-order valence-corrected chi connectivity index (χ2v) is 4.66. The first-order chi connectivity index (χ1) is 7.38. The van der Waals surface area contributed by atoms with Crippen LogP contribution in [0.25, 0.3) is 0 Å². The number of fused-ring (bicyclic) bond motifs is 1. The second-order valence-electron chi connectivity index (χ2n) is 3.41. The summed E-state index contributed by atoms with van der Waals surface area (Å²) in [6.45, 7) is 1.81. The molecule has 0 saturated carbocycles. The molecular weight excluding hydrogens is 237 g/mol. The Kier molecular flexibility index (Phi) is 2.53. The van der Waals surface area contributed by atoms with Gasteiger partial charge in [-0.15, -0.1) is 0 Å². The van der Waals surface area contributed by atoms with Gasteiger partial charge in [0.15, 0.2) is 0 Å². The van der Waals surface area contributed by atoms with E-state index in [2.05, 4.69) is 5.32 Å². The van der Waals surface area contributed by atoms with Crippen LogP contribution in [0.15, 0.2) is 33.8 Å². The molecular formula is C10H9F3N2S. The van der Waals surface area contributed by atoms with Gasteiger partial charge in [0, 0.05) is 9.80 Å². The highest BCUT2D eigenvalue weighted by atomic mass is 32.2. The molecule has 6 heteroatoms. The van der Waals surface area contributed by atoms with E-state index in [1.165, 1.54) is 17.8 Å². The molecule has 86 valence electrons. The molecule has 0 unspecified atom stereocenters. The number of anilines is 1. The van der Waals surface area contributed by atoms with E-state index in [1.807, 2.05) is 6.92 Å². The SMILES string of the molecule is CC1=C(N)Nc2cc(C(F)(F)F)ccc2S1. The lowest BCUT2D eigenvalue weighted by molar-refractivity contribution is -0.137. The van der Waals surface area contributed by atoms with Crippen molar-refractivity contribution in [2.75, 3.05) is 5.32 Å². The van der Waals surface area contributed by atoms with Gasteiger partial charge in [-0.25, -0.2) is 0 Å². The van der Waals surface area contributed by atoms with E-state index in [0.717, 1.165) is 21.9 Å². The predicted molar refractivity (Wildman–Crippen MR) is 57.8 cm³/mol. The molecule has 0 aliphatic carbocycles. The van der Waals surface area contributed by atoms with Crippen molar-refractivity contribution in [3.63, 3.8) is 0 Å². The molecule has 0 spiro atoms. The third kappa shape index (κ3) is 1.97. The van der Waals surface area contributed by atoms with Gasteiger partial charge in [-0.1, -0.05) is 11.8 Å². The summed E-state index contributed by atoms with van der Waals surface area (Å²) in [5.41, 5.74) is 5.35. The zero-order valence-electron chi connectivity index (χ0n) is 8.35. The van der Waals surface area contributed by atoms with Gasteiger partial charge in [-0.3, -0.25) is 0 Å². The molecule has 0 fully saturated rings. The fourth-order valence-electron chi connectivity index (χ4n) is 1.35. The Labute approximate surface area is 94.7 Å². The summed E-state index contributed by atoms with van der Waals surface area (Å²) in [6, 6.07) is 3.59. The maximum absolute atomic E-state index is 12.5. The summed E-state index contributed by atoms with van der Waals surface area (Å²) in [7, 11) is 0. The first-order valence-electron chi connectivity index (χ1n) is 4.50. The van der Waals surface area contributed by atoms with Crippen LogP contribution in [0.5, 0.6) is 0 Å². The van der Waals surface area contributed by atoms with E-state index in [-0.39, 0.29) is 0 Å². The second kappa shape index (κ2) is 3.62. The molecule has 1 aliphatic heterocycles. The fourth-order valence-corrected chi connectivity index (χ4v) is 2.19. The maximum atomic E-state index is 12.5. The Balaban J connectivity index is 2.41. The number of halogens is 3. The van der Waals surface area contributed by atoms with Crippen LogP contribution in [0.3, 0.4) is 0 Å². The zero-order chi connectivity index (χ0) is 11.9. The highest BCUT2D eigenvalue weighted by Crippen LogP contribution is 2.41. The average Bonchev–Trinajstić information content (AvgIpc) is 2.17. The van der Waals surface area contributed by atoms with Gasteiger partial charge in [0.1, 0.15) is 5.82 Å². The standard InChI is InChI=1S/C10H9F3N2S/c1-5-9(14)15-7-4-6(10(11,12)13)2-3-8(7)16-5/h2-4,15H,14H2,1H3. The van der Waals surface area contributed by atoms with E-state index in [1.54, 1.807) is 0 Å². The molecule has 0 aromatic heterocycles. The first kappa shape index (κ1) is 11.2. The van der Waals surface area contributed by atoms with Crippen LogP contribution in [-0.2, 0) is 6.18 Å².